The maximum Gasteiger partial charge on any atom is 0.160 e. The van der Waals surface area contributed by atoms with Crippen molar-refractivity contribution in [1.82, 2.24) is 0 Å². The van der Waals surface area contributed by atoms with E-state index in [1.54, 1.807) is 0 Å². The Balaban J connectivity index is 4.50. The van der Waals surface area contributed by atoms with Crippen LogP contribution in [0.4, 0.5) is 0 Å². The third-order valence-corrected chi connectivity index (χ3v) is 10.3. The van der Waals surface area contributed by atoms with Gasteiger partial charge >= 0.3 is 0 Å². The molecule has 0 N–H and O–H groups in total. The Morgan fingerprint density at radius 2 is 0.644 bits per heavy atom. The van der Waals surface area contributed by atoms with Crippen molar-refractivity contribution >= 4 is 31.9 Å². The van der Waals surface area contributed by atoms with Gasteiger partial charge in [-0.15, -0.1) is 0 Å². The van der Waals surface area contributed by atoms with Crippen LogP contribution in [0, 0.1) is 47.3 Å². The Morgan fingerprint density at radius 3 is 0.911 bits per heavy atom. The van der Waals surface area contributed by atoms with Gasteiger partial charge in [-0.05, 0) is 138 Å². The van der Waals surface area contributed by atoms with Crippen LogP contribution in [0.15, 0.2) is 0 Å². The molecule has 0 aromatic rings. The molecule has 0 aliphatic rings. The highest BCUT2D eigenvalue weighted by Crippen LogP contribution is 2.30. The molecule has 0 spiro atoms. The minimum atomic E-state index is -0.164. The van der Waals surface area contributed by atoms with Crippen LogP contribution in [0.3, 0.4) is 0 Å². The lowest BCUT2D eigenvalue weighted by atomic mass is 9.83. The molecule has 0 heterocycles. The molecule has 0 saturated heterocycles. The van der Waals surface area contributed by atoms with Crippen molar-refractivity contribution in [3.63, 3.8) is 0 Å². The maximum absolute atomic E-state index is 6.44. The van der Waals surface area contributed by atoms with Crippen LogP contribution in [0.25, 0.3) is 0 Å². The number of hydrogen-bond donors (Lipinski definition) is 0. The molecular formula is C40H80Br2O3. The lowest BCUT2D eigenvalue weighted by Crippen LogP contribution is -2.27. The predicted molar refractivity (Wildman–Crippen MR) is 207 cm³/mol. The Kier molecular flexibility index (Phi) is 28.2. The zero-order valence-corrected chi connectivity index (χ0v) is 35.4. The Hall–Kier alpha value is 0.840. The second-order valence-corrected chi connectivity index (χ2v) is 19.2. The van der Waals surface area contributed by atoms with Crippen LogP contribution in [0.2, 0.25) is 0 Å². The lowest BCUT2D eigenvalue weighted by Gasteiger charge is -2.26. The van der Waals surface area contributed by atoms with E-state index in [2.05, 4.69) is 115 Å². The van der Waals surface area contributed by atoms with E-state index in [4.69, 9.17) is 14.2 Å². The zero-order valence-electron chi connectivity index (χ0n) is 32.2. The van der Waals surface area contributed by atoms with Crippen LogP contribution in [-0.4, -0.2) is 35.4 Å². The van der Waals surface area contributed by atoms with Gasteiger partial charge in [-0.2, -0.15) is 0 Å². The summed E-state index contributed by atoms with van der Waals surface area (Å²) in [5.41, 5.74) is 0. The van der Waals surface area contributed by atoms with Gasteiger partial charge < -0.3 is 14.2 Å². The molecule has 0 fully saturated rings. The maximum atomic E-state index is 6.44. The van der Waals surface area contributed by atoms with Gasteiger partial charge in [0, 0.05) is 22.9 Å². The molecule has 0 aliphatic carbocycles. The smallest absolute Gasteiger partial charge is 0.160 e. The molecule has 0 amide bonds. The first kappa shape index (κ1) is 45.8. The second kappa shape index (κ2) is 27.6. The summed E-state index contributed by atoms with van der Waals surface area (Å²) in [5.74, 6) is 6.27. The quantitative estimate of drug-likeness (QED) is 0.0538. The summed E-state index contributed by atoms with van der Waals surface area (Å²) in [6, 6.07) is 0. The summed E-state index contributed by atoms with van der Waals surface area (Å²) >= 11 is 7.45. The summed E-state index contributed by atoms with van der Waals surface area (Å²) < 4.78 is 18.6. The lowest BCUT2D eigenvalue weighted by molar-refractivity contribution is -0.247. The van der Waals surface area contributed by atoms with Gasteiger partial charge in [0.05, 0.1) is 0 Å². The van der Waals surface area contributed by atoms with E-state index in [0.717, 1.165) is 73.0 Å². The third kappa shape index (κ3) is 27.4. The first-order valence-electron chi connectivity index (χ1n) is 19.3. The molecule has 272 valence electrons. The van der Waals surface area contributed by atoms with E-state index in [0.29, 0.717) is 22.9 Å². The summed E-state index contributed by atoms with van der Waals surface area (Å²) in [6.45, 7) is 29.6. The van der Waals surface area contributed by atoms with E-state index in [9.17, 15) is 0 Å². The van der Waals surface area contributed by atoms with Gasteiger partial charge in [-0.3, -0.25) is 0 Å². The van der Waals surface area contributed by atoms with Crippen LogP contribution in [-0.2, 0) is 14.2 Å². The fraction of sp³-hybridized carbons (Fsp3) is 1.00. The fourth-order valence-corrected chi connectivity index (χ4v) is 9.51. The minimum absolute atomic E-state index is 0.164. The largest absolute Gasteiger partial charge is 0.353 e. The average molecular weight is 769 g/mol. The molecule has 0 aromatic carbocycles. The highest BCUT2D eigenvalue weighted by Gasteiger charge is 2.21. The average Bonchev–Trinajstić information content (AvgIpc) is 2.87. The van der Waals surface area contributed by atoms with Gasteiger partial charge in [0.25, 0.3) is 0 Å². The van der Waals surface area contributed by atoms with Crippen molar-refractivity contribution in [2.45, 2.75) is 195 Å². The minimum Gasteiger partial charge on any atom is -0.353 e. The molecule has 0 bridgehead atoms. The molecule has 0 aromatic heterocycles. The first-order valence-corrected chi connectivity index (χ1v) is 21.1. The fourth-order valence-electron chi connectivity index (χ4n) is 8.23. The molecule has 0 saturated carbocycles. The van der Waals surface area contributed by atoms with Crippen molar-refractivity contribution in [3.05, 3.63) is 0 Å². The number of rotatable bonds is 30. The van der Waals surface area contributed by atoms with Gasteiger partial charge in [-0.1, -0.05) is 114 Å². The monoisotopic (exact) mass is 766 g/mol. The molecule has 0 radical (unpaired) electrons. The second-order valence-electron chi connectivity index (χ2n) is 16.1. The van der Waals surface area contributed by atoms with E-state index in [1.165, 1.54) is 64.2 Å². The summed E-state index contributed by atoms with van der Waals surface area (Å²) in [6.07, 6.45) is 16.9. The van der Waals surface area contributed by atoms with Crippen LogP contribution in [0.1, 0.15) is 173 Å². The number of alkyl halides is 2. The number of ether oxygens (including phenoxy) is 3. The highest BCUT2D eigenvalue weighted by molar-refractivity contribution is 9.09. The number of hydrogen-bond acceptors (Lipinski definition) is 3. The topological polar surface area (TPSA) is 27.7 Å². The molecule has 12 unspecified atom stereocenters. The third-order valence-electron chi connectivity index (χ3n) is 9.56. The van der Waals surface area contributed by atoms with Gasteiger partial charge in [0.1, 0.15) is 0 Å². The van der Waals surface area contributed by atoms with E-state index in [-0.39, 0.29) is 12.6 Å². The van der Waals surface area contributed by atoms with Crippen LogP contribution < -0.4 is 0 Å². The van der Waals surface area contributed by atoms with E-state index < -0.39 is 0 Å². The molecule has 0 aliphatic heterocycles. The molecule has 3 nitrogen and oxygen atoms in total. The normalized spacial score (nSPS) is 20.4. The Bertz CT molecular complexity index is 605. The van der Waals surface area contributed by atoms with E-state index in [1.807, 2.05) is 0 Å². The van der Waals surface area contributed by atoms with Gasteiger partial charge in [-0.25, -0.2) is 0 Å². The SMILES string of the molecule is CCOC(CCCC(C)CC(C)CC(C)CC(C)CC(C)Br)OC(CCCC(C)CC(C)CC(C)CC(C)CC(C)Br)OCC. The summed E-state index contributed by atoms with van der Waals surface area (Å²) in [5, 5.41) is 0. The number of halogens is 2. The Labute approximate surface area is 300 Å². The van der Waals surface area contributed by atoms with Gasteiger partial charge in [0.15, 0.2) is 12.6 Å². The predicted octanol–water partition coefficient (Wildman–Crippen LogP) is 13.8. The molecule has 12 atom stereocenters. The summed E-state index contributed by atoms with van der Waals surface area (Å²) in [7, 11) is 0. The van der Waals surface area contributed by atoms with Crippen molar-refractivity contribution in [2.75, 3.05) is 13.2 Å². The van der Waals surface area contributed by atoms with Crippen LogP contribution >= 0.6 is 31.9 Å². The summed E-state index contributed by atoms with van der Waals surface area (Å²) in [4.78, 5) is 1.25. The molecular weight excluding hydrogens is 688 g/mol. The van der Waals surface area contributed by atoms with Crippen molar-refractivity contribution < 1.29 is 14.2 Å². The molecule has 45 heavy (non-hydrogen) atoms. The first-order chi connectivity index (χ1) is 21.1. The van der Waals surface area contributed by atoms with Crippen molar-refractivity contribution in [2.24, 2.45) is 47.3 Å². The molecule has 0 rings (SSSR count). The van der Waals surface area contributed by atoms with E-state index >= 15 is 0 Å². The zero-order chi connectivity index (χ0) is 34.4. The van der Waals surface area contributed by atoms with Gasteiger partial charge in [0.2, 0.25) is 0 Å². The standard InChI is InChI=1S/C40H80Br2O3/c1-13-43-39(19-15-17-29(3)21-31(5)23-33(7)25-35(9)27-37(11)41)45-40(44-14-2)20-16-18-30(4)22-32(6)24-34(8)26-36(10)28-38(12)42/h29-40H,13-28H2,1-12H3. The van der Waals surface area contributed by atoms with Crippen molar-refractivity contribution in [1.29, 1.82) is 0 Å². The Morgan fingerprint density at radius 1 is 0.378 bits per heavy atom. The highest BCUT2D eigenvalue weighted by atomic mass is 79.9. The van der Waals surface area contributed by atoms with Crippen LogP contribution in [0.5, 0.6) is 0 Å². The van der Waals surface area contributed by atoms with Crippen molar-refractivity contribution in [3.8, 4) is 0 Å². The molecule has 5 heteroatoms.